The molecule has 13 heavy (non-hydrogen) atoms. The summed E-state index contributed by atoms with van der Waals surface area (Å²) in [5, 5.41) is 16.4. The number of thiophene rings is 1. The molecular formula is C10H17NOS. The van der Waals surface area contributed by atoms with Crippen molar-refractivity contribution in [1.82, 2.24) is 5.32 Å². The summed E-state index contributed by atoms with van der Waals surface area (Å²) >= 11 is 1.73. The SMILES string of the molecule is CC(CO)NC(C)Cc1ccsc1. The van der Waals surface area contributed by atoms with E-state index < -0.39 is 0 Å². The van der Waals surface area contributed by atoms with Gasteiger partial charge < -0.3 is 10.4 Å². The molecule has 0 aliphatic rings. The van der Waals surface area contributed by atoms with Crippen molar-refractivity contribution in [3.63, 3.8) is 0 Å². The Balaban J connectivity index is 2.29. The molecule has 1 rings (SSSR count). The van der Waals surface area contributed by atoms with Gasteiger partial charge in [0.05, 0.1) is 6.61 Å². The number of hydrogen-bond acceptors (Lipinski definition) is 3. The van der Waals surface area contributed by atoms with Crippen LogP contribution in [0.5, 0.6) is 0 Å². The second kappa shape index (κ2) is 5.37. The number of aliphatic hydroxyl groups excluding tert-OH is 1. The molecule has 0 aromatic carbocycles. The van der Waals surface area contributed by atoms with Gasteiger partial charge in [-0.1, -0.05) is 0 Å². The zero-order valence-corrected chi connectivity index (χ0v) is 8.97. The van der Waals surface area contributed by atoms with Gasteiger partial charge in [-0.15, -0.1) is 0 Å². The van der Waals surface area contributed by atoms with Crippen molar-refractivity contribution in [3.8, 4) is 0 Å². The Labute approximate surface area is 83.6 Å². The highest BCUT2D eigenvalue weighted by Gasteiger charge is 2.06. The van der Waals surface area contributed by atoms with Crippen molar-refractivity contribution < 1.29 is 5.11 Å². The van der Waals surface area contributed by atoms with Crippen molar-refractivity contribution in [2.75, 3.05) is 6.61 Å². The first-order chi connectivity index (χ1) is 6.22. The van der Waals surface area contributed by atoms with Crippen molar-refractivity contribution in [2.24, 2.45) is 0 Å². The van der Waals surface area contributed by atoms with Crippen LogP contribution in [0.1, 0.15) is 19.4 Å². The maximum absolute atomic E-state index is 8.85. The van der Waals surface area contributed by atoms with Crippen molar-refractivity contribution in [2.45, 2.75) is 32.4 Å². The van der Waals surface area contributed by atoms with E-state index in [4.69, 9.17) is 5.11 Å². The van der Waals surface area contributed by atoms with Crippen LogP contribution in [0.2, 0.25) is 0 Å². The van der Waals surface area contributed by atoms with E-state index in [1.165, 1.54) is 5.56 Å². The molecule has 0 aliphatic carbocycles. The van der Waals surface area contributed by atoms with Gasteiger partial charge in [0, 0.05) is 12.1 Å². The zero-order chi connectivity index (χ0) is 9.68. The van der Waals surface area contributed by atoms with Gasteiger partial charge in [0.1, 0.15) is 0 Å². The third kappa shape index (κ3) is 3.89. The van der Waals surface area contributed by atoms with E-state index in [2.05, 4.69) is 29.1 Å². The number of rotatable bonds is 5. The molecule has 0 bridgehead atoms. The lowest BCUT2D eigenvalue weighted by atomic mass is 10.1. The Bertz CT molecular complexity index is 223. The molecule has 1 aromatic rings. The van der Waals surface area contributed by atoms with Gasteiger partial charge in [0.2, 0.25) is 0 Å². The highest BCUT2D eigenvalue weighted by Crippen LogP contribution is 2.08. The van der Waals surface area contributed by atoms with Gasteiger partial charge in [-0.2, -0.15) is 11.3 Å². The molecule has 0 radical (unpaired) electrons. The Morgan fingerprint density at radius 2 is 2.23 bits per heavy atom. The van der Waals surface area contributed by atoms with Crippen molar-refractivity contribution in [3.05, 3.63) is 22.4 Å². The third-order valence-corrected chi connectivity index (χ3v) is 2.70. The molecule has 1 heterocycles. The molecule has 2 N–H and O–H groups in total. The maximum Gasteiger partial charge on any atom is 0.0582 e. The normalized spacial score (nSPS) is 15.6. The standard InChI is InChI=1S/C10H17NOS/c1-8(11-9(2)6-12)5-10-3-4-13-7-10/h3-4,7-9,11-12H,5-6H2,1-2H3. The minimum atomic E-state index is 0.189. The Hall–Kier alpha value is -0.380. The van der Waals surface area contributed by atoms with Crippen LogP contribution in [-0.2, 0) is 6.42 Å². The van der Waals surface area contributed by atoms with Crippen molar-refractivity contribution in [1.29, 1.82) is 0 Å². The van der Waals surface area contributed by atoms with Crippen LogP contribution in [0.4, 0.5) is 0 Å². The number of aliphatic hydroxyl groups is 1. The fourth-order valence-corrected chi connectivity index (χ4v) is 2.04. The Morgan fingerprint density at radius 3 is 2.77 bits per heavy atom. The fourth-order valence-electron chi connectivity index (χ4n) is 1.36. The van der Waals surface area contributed by atoms with Crippen LogP contribution in [-0.4, -0.2) is 23.8 Å². The van der Waals surface area contributed by atoms with Gasteiger partial charge >= 0.3 is 0 Å². The van der Waals surface area contributed by atoms with E-state index in [1.54, 1.807) is 11.3 Å². The molecule has 0 spiro atoms. The van der Waals surface area contributed by atoms with Gasteiger partial charge in [-0.3, -0.25) is 0 Å². The summed E-state index contributed by atoms with van der Waals surface area (Å²) < 4.78 is 0. The smallest absolute Gasteiger partial charge is 0.0582 e. The van der Waals surface area contributed by atoms with E-state index in [0.717, 1.165) is 6.42 Å². The fraction of sp³-hybridized carbons (Fsp3) is 0.600. The van der Waals surface area contributed by atoms with E-state index in [9.17, 15) is 0 Å². The van der Waals surface area contributed by atoms with Gasteiger partial charge in [-0.05, 0) is 42.7 Å². The van der Waals surface area contributed by atoms with Crippen LogP contribution in [0.3, 0.4) is 0 Å². The molecule has 74 valence electrons. The number of nitrogens with one attached hydrogen (secondary N) is 1. The molecule has 3 heteroatoms. The maximum atomic E-state index is 8.85. The second-order valence-corrected chi connectivity index (χ2v) is 4.27. The van der Waals surface area contributed by atoms with Gasteiger partial charge in [0.15, 0.2) is 0 Å². The molecule has 2 atom stereocenters. The topological polar surface area (TPSA) is 32.3 Å². The first-order valence-corrected chi connectivity index (χ1v) is 5.54. The minimum Gasteiger partial charge on any atom is -0.395 e. The molecule has 2 unspecified atom stereocenters. The molecule has 0 fully saturated rings. The van der Waals surface area contributed by atoms with E-state index in [1.807, 2.05) is 6.92 Å². The zero-order valence-electron chi connectivity index (χ0n) is 8.16. The monoisotopic (exact) mass is 199 g/mol. The second-order valence-electron chi connectivity index (χ2n) is 3.49. The predicted octanol–water partition coefficient (Wildman–Crippen LogP) is 1.65. The Kier molecular flexibility index (Phi) is 4.42. The van der Waals surface area contributed by atoms with Crippen LogP contribution >= 0.6 is 11.3 Å². The average molecular weight is 199 g/mol. The summed E-state index contributed by atoms with van der Waals surface area (Å²) in [6.45, 7) is 4.34. The van der Waals surface area contributed by atoms with Crippen molar-refractivity contribution >= 4 is 11.3 Å². The first-order valence-electron chi connectivity index (χ1n) is 4.60. The van der Waals surface area contributed by atoms with Crippen LogP contribution < -0.4 is 5.32 Å². The summed E-state index contributed by atoms with van der Waals surface area (Å²) in [4.78, 5) is 0. The molecule has 0 saturated heterocycles. The summed E-state index contributed by atoms with van der Waals surface area (Å²) in [5.41, 5.74) is 1.37. The predicted molar refractivity (Wildman–Crippen MR) is 57.2 cm³/mol. The summed E-state index contributed by atoms with van der Waals surface area (Å²) in [6.07, 6.45) is 1.04. The Morgan fingerprint density at radius 1 is 1.46 bits per heavy atom. The van der Waals surface area contributed by atoms with E-state index in [0.29, 0.717) is 6.04 Å². The highest BCUT2D eigenvalue weighted by atomic mass is 32.1. The highest BCUT2D eigenvalue weighted by molar-refractivity contribution is 7.07. The third-order valence-electron chi connectivity index (χ3n) is 1.96. The molecule has 0 saturated carbocycles. The van der Waals surface area contributed by atoms with E-state index >= 15 is 0 Å². The molecule has 0 aliphatic heterocycles. The van der Waals surface area contributed by atoms with Gasteiger partial charge in [0.25, 0.3) is 0 Å². The first kappa shape index (κ1) is 10.7. The summed E-state index contributed by atoms with van der Waals surface area (Å²) in [5.74, 6) is 0. The van der Waals surface area contributed by atoms with Crippen LogP contribution in [0.15, 0.2) is 16.8 Å². The molecule has 1 aromatic heterocycles. The molecule has 2 nitrogen and oxygen atoms in total. The lowest BCUT2D eigenvalue weighted by Gasteiger charge is -2.17. The lowest BCUT2D eigenvalue weighted by Crippen LogP contribution is -2.37. The molecular weight excluding hydrogens is 182 g/mol. The minimum absolute atomic E-state index is 0.189. The average Bonchev–Trinajstić information content (AvgIpc) is 2.56. The van der Waals surface area contributed by atoms with Gasteiger partial charge in [-0.25, -0.2) is 0 Å². The quantitative estimate of drug-likeness (QED) is 0.756. The lowest BCUT2D eigenvalue weighted by molar-refractivity contribution is 0.242. The summed E-state index contributed by atoms with van der Waals surface area (Å²) in [6, 6.07) is 2.76. The van der Waals surface area contributed by atoms with Crippen LogP contribution in [0.25, 0.3) is 0 Å². The summed E-state index contributed by atoms with van der Waals surface area (Å²) in [7, 11) is 0. The van der Waals surface area contributed by atoms with Crippen LogP contribution in [0, 0.1) is 0 Å². The largest absolute Gasteiger partial charge is 0.395 e. The number of hydrogen-bond donors (Lipinski definition) is 2. The van der Waals surface area contributed by atoms with E-state index in [-0.39, 0.29) is 12.6 Å². The molecule has 0 amide bonds.